The molecule has 3 fully saturated rings. The van der Waals surface area contributed by atoms with E-state index >= 15 is 0 Å². The smallest absolute Gasteiger partial charge is 0.0352 e. The van der Waals surface area contributed by atoms with Crippen LogP contribution >= 0.6 is 0 Å². The lowest BCUT2D eigenvalue weighted by Crippen LogP contribution is -2.42. The van der Waals surface area contributed by atoms with Gasteiger partial charge in [0.15, 0.2) is 0 Å². The number of hydrogen-bond acceptors (Lipinski definition) is 0. The van der Waals surface area contributed by atoms with Gasteiger partial charge in [-0.2, -0.15) is 0 Å². The maximum Gasteiger partial charge on any atom is -0.0352 e. The highest BCUT2D eigenvalue weighted by Gasteiger charge is 2.44. The van der Waals surface area contributed by atoms with Gasteiger partial charge in [-0.05, 0) is 55.3 Å². The predicted molar refractivity (Wildman–Crippen MR) is 69.3 cm³/mol. The summed E-state index contributed by atoms with van der Waals surface area (Å²) in [6.45, 7) is 2.44. The molecule has 3 saturated carbocycles. The molecule has 0 heteroatoms. The van der Waals surface area contributed by atoms with Crippen molar-refractivity contribution in [2.24, 2.45) is 29.6 Å². The molecule has 3 aliphatic carbocycles. The third-order valence-electron chi connectivity index (χ3n) is 6.13. The summed E-state index contributed by atoms with van der Waals surface area (Å²) in [5.41, 5.74) is 0. The van der Waals surface area contributed by atoms with Gasteiger partial charge in [-0.1, -0.05) is 45.4 Å². The van der Waals surface area contributed by atoms with Crippen LogP contribution in [0.4, 0.5) is 0 Å². The van der Waals surface area contributed by atoms with Gasteiger partial charge in [-0.15, -0.1) is 0 Å². The molecule has 0 heterocycles. The van der Waals surface area contributed by atoms with Gasteiger partial charge < -0.3 is 0 Å². The molecule has 0 saturated heterocycles. The fraction of sp³-hybridized carbons (Fsp3) is 1.00. The van der Waals surface area contributed by atoms with Gasteiger partial charge in [0.2, 0.25) is 0 Å². The standard InChI is InChI=1S/C16H28/c1-2-12-11-13-7-3-4-9-15(13)16-10-6-5-8-14(12)16/h12-16H,2-11H2,1H3. The highest BCUT2D eigenvalue weighted by molar-refractivity contribution is 4.94. The maximum absolute atomic E-state index is 2.44. The molecule has 0 aromatic rings. The van der Waals surface area contributed by atoms with E-state index in [0.29, 0.717) is 0 Å². The van der Waals surface area contributed by atoms with E-state index in [2.05, 4.69) is 6.92 Å². The molecule has 92 valence electrons. The lowest BCUT2D eigenvalue weighted by Gasteiger charge is -2.51. The Labute approximate surface area is 101 Å². The van der Waals surface area contributed by atoms with Crippen LogP contribution in [0, 0.1) is 29.6 Å². The highest BCUT2D eigenvalue weighted by Crippen LogP contribution is 2.54. The molecule has 0 N–H and O–H groups in total. The molecule has 0 spiro atoms. The van der Waals surface area contributed by atoms with Crippen LogP contribution in [0.15, 0.2) is 0 Å². The summed E-state index contributed by atoms with van der Waals surface area (Å²) < 4.78 is 0. The summed E-state index contributed by atoms with van der Waals surface area (Å²) in [5, 5.41) is 0. The van der Waals surface area contributed by atoms with Crippen molar-refractivity contribution in [3.63, 3.8) is 0 Å². The topological polar surface area (TPSA) is 0 Å². The van der Waals surface area contributed by atoms with Crippen molar-refractivity contribution < 1.29 is 0 Å². The van der Waals surface area contributed by atoms with Crippen LogP contribution in [-0.2, 0) is 0 Å². The van der Waals surface area contributed by atoms with E-state index in [-0.39, 0.29) is 0 Å². The van der Waals surface area contributed by atoms with Gasteiger partial charge in [0, 0.05) is 0 Å². The molecular formula is C16H28. The maximum atomic E-state index is 2.44. The summed E-state index contributed by atoms with van der Waals surface area (Å²) in [4.78, 5) is 0. The van der Waals surface area contributed by atoms with Crippen LogP contribution in [0.1, 0.15) is 71.1 Å². The third-order valence-corrected chi connectivity index (χ3v) is 6.13. The van der Waals surface area contributed by atoms with Gasteiger partial charge in [-0.3, -0.25) is 0 Å². The minimum Gasteiger partial charge on any atom is -0.0651 e. The van der Waals surface area contributed by atoms with Crippen LogP contribution in [0.25, 0.3) is 0 Å². The largest absolute Gasteiger partial charge is 0.0651 e. The molecule has 0 aliphatic heterocycles. The quantitative estimate of drug-likeness (QED) is 0.581. The highest BCUT2D eigenvalue weighted by atomic mass is 14.5. The van der Waals surface area contributed by atoms with E-state index < -0.39 is 0 Å². The molecule has 0 aromatic carbocycles. The van der Waals surface area contributed by atoms with Crippen molar-refractivity contribution in [1.29, 1.82) is 0 Å². The molecule has 5 unspecified atom stereocenters. The van der Waals surface area contributed by atoms with E-state index in [9.17, 15) is 0 Å². The summed E-state index contributed by atoms with van der Waals surface area (Å²) in [7, 11) is 0. The van der Waals surface area contributed by atoms with Crippen LogP contribution in [0.2, 0.25) is 0 Å². The average Bonchev–Trinajstić information content (AvgIpc) is 2.38. The van der Waals surface area contributed by atoms with Crippen molar-refractivity contribution in [1.82, 2.24) is 0 Å². The minimum absolute atomic E-state index is 1.10. The Bertz CT molecular complexity index is 220. The number of hydrogen-bond donors (Lipinski definition) is 0. The van der Waals surface area contributed by atoms with Crippen molar-refractivity contribution in [2.45, 2.75) is 71.1 Å². The van der Waals surface area contributed by atoms with Crippen LogP contribution in [0.3, 0.4) is 0 Å². The Morgan fingerprint density at radius 3 is 2.12 bits per heavy atom. The van der Waals surface area contributed by atoms with E-state index in [1.54, 1.807) is 44.9 Å². The lowest BCUT2D eigenvalue weighted by atomic mass is 9.54. The molecule has 0 bridgehead atoms. The van der Waals surface area contributed by atoms with Crippen molar-refractivity contribution in [2.75, 3.05) is 0 Å². The first-order valence-electron chi connectivity index (χ1n) is 7.90. The van der Waals surface area contributed by atoms with Crippen molar-refractivity contribution in [3.05, 3.63) is 0 Å². The average molecular weight is 220 g/mol. The Kier molecular flexibility index (Phi) is 3.27. The van der Waals surface area contributed by atoms with E-state index in [0.717, 1.165) is 29.6 Å². The fourth-order valence-electron chi connectivity index (χ4n) is 5.43. The predicted octanol–water partition coefficient (Wildman–Crippen LogP) is 5.03. The monoisotopic (exact) mass is 220 g/mol. The van der Waals surface area contributed by atoms with E-state index in [1.165, 1.54) is 19.3 Å². The van der Waals surface area contributed by atoms with E-state index in [1.807, 2.05) is 0 Å². The molecular weight excluding hydrogens is 192 g/mol. The number of rotatable bonds is 1. The zero-order valence-corrected chi connectivity index (χ0v) is 11.0. The molecule has 0 nitrogen and oxygen atoms in total. The summed E-state index contributed by atoms with van der Waals surface area (Å²) in [6, 6.07) is 0. The zero-order chi connectivity index (χ0) is 11.0. The Balaban J connectivity index is 1.79. The van der Waals surface area contributed by atoms with Crippen molar-refractivity contribution in [3.8, 4) is 0 Å². The van der Waals surface area contributed by atoms with E-state index in [4.69, 9.17) is 0 Å². The second kappa shape index (κ2) is 4.70. The molecule has 3 aliphatic rings. The lowest BCUT2D eigenvalue weighted by molar-refractivity contribution is -0.0157. The second-order valence-corrected chi connectivity index (χ2v) is 6.72. The summed E-state index contributed by atoms with van der Waals surface area (Å²) >= 11 is 0. The van der Waals surface area contributed by atoms with Gasteiger partial charge in [0.25, 0.3) is 0 Å². The first kappa shape index (κ1) is 11.1. The molecule has 16 heavy (non-hydrogen) atoms. The fourth-order valence-corrected chi connectivity index (χ4v) is 5.43. The van der Waals surface area contributed by atoms with Gasteiger partial charge >= 0.3 is 0 Å². The second-order valence-electron chi connectivity index (χ2n) is 6.72. The zero-order valence-electron chi connectivity index (χ0n) is 11.0. The Hall–Kier alpha value is 0. The minimum atomic E-state index is 1.10. The Morgan fingerprint density at radius 1 is 0.750 bits per heavy atom. The summed E-state index contributed by atoms with van der Waals surface area (Å²) in [6.07, 6.45) is 15.5. The first-order chi connectivity index (χ1) is 7.90. The molecule has 5 atom stereocenters. The SMILES string of the molecule is CCC1CC2CCCCC2C2CCCCC12. The third kappa shape index (κ3) is 1.83. The Morgan fingerprint density at radius 2 is 1.38 bits per heavy atom. The van der Waals surface area contributed by atoms with Crippen LogP contribution in [0.5, 0.6) is 0 Å². The normalized spacial score (nSPS) is 48.2. The van der Waals surface area contributed by atoms with Gasteiger partial charge in [-0.25, -0.2) is 0 Å². The van der Waals surface area contributed by atoms with Gasteiger partial charge in [0.05, 0.1) is 0 Å². The van der Waals surface area contributed by atoms with Gasteiger partial charge in [0.1, 0.15) is 0 Å². The van der Waals surface area contributed by atoms with Crippen LogP contribution < -0.4 is 0 Å². The molecule has 0 radical (unpaired) electrons. The molecule has 0 aromatic heterocycles. The first-order valence-corrected chi connectivity index (χ1v) is 7.90. The molecule has 0 amide bonds. The number of fused-ring (bicyclic) bond motifs is 3. The summed E-state index contributed by atoms with van der Waals surface area (Å²) in [5.74, 6) is 5.68. The van der Waals surface area contributed by atoms with Crippen molar-refractivity contribution >= 4 is 0 Å². The molecule has 3 rings (SSSR count). The van der Waals surface area contributed by atoms with Crippen LogP contribution in [-0.4, -0.2) is 0 Å².